The van der Waals surface area contributed by atoms with Crippen molar-refractivity contribution in [2.75, 3.05) is 0 Å². The molecule has 3 aliphatic carbocycles. The van der Waals surface area contributed by atoms with Crippen LogP contribution in [0, 0.1) is 23.7 Å². The molecule has 2 saturated carbocycles. The van der Waals surface area contributed by atoms with E-state index in [0.29, 0.717) is 18.1 Å². The average molecular weight is 282 g/mol. The molecule has 3 nitrogen and oxygen atoms in total. The highest BCUT2D eigenvalue weighted by atomic mass is 16.5. The molecular formula is C18H18O3. The van der Waals surface area contributed by atoms with Gasteiger partial charge in [0.1, 0.15) is 11.9 Å². The number of ketones is 1. The van der Waals surface area contributed by atoms with Crippen molar-refractivity contribution in [2.24, 2.45) is 23.7 Å². The molecule has 0 aromatic heterocycles. The lowest BCUT2D eigenvalue weighted by Crippen LogP contribution is -2.29. The highest BCUT2D eigenvalue weighted by molar-refractivity contribution is 5.90. The van der Waals surface area contributed by atoms with E-state index in [0.717, 1.165) is 12.0 Å². The Bertz CT molecular complexity index is 631. The molecule has 5 atom stereocenters. The smallest absolute Gasteiger partial charge is 0.302 e. The van der Waals surface area contributed by atoms with Crippen LogP contribution in [0.15, 0.2) is 36.4 Å². The van der Waals surface area contributed by atoms with Crippen molar-refractivity contribution in [1.29, 1.82) is 0 Å². The van der Waals surface area contributed by atoms with Crippen LogP contribution in [0.1, 0.15) is 25.3 Å². The van der Waals surface area contributed by atoms with Crippen molar-refractivity contribution in [3.63, 3.8) is 0 Å². The van der Waals surface area contributed by atoms with Crippen LogP contribution >= 0.6 is 0 Å². The molecule has 0 N–H and O–H groups in total. The third-order valence-corrected chi connectivity index (χ3v) is 5.33. The van der Waals surface area contributed by atoms with Gasteiger partial charge in [-0.15, -0.1) is 0 Å². The molecule has 1 aromatic rings. The van der Waals surface area contributed by atoms with Gasteiger partial charge in [0.25, 0.3) is 0 Å². The molecule has 108 valence electrons. The fourth-order valence-corrected chi connectivity index (χ4v) is 4.57. The van der Waals surface area contributed by atoms with Crippen LogP contribution < -0.4 is 0 Å². The highest BCUT2D eigenvalue weighted by Gasteiger charge is 2.57. The Hall–Kier alpha value is -1.90. The molecule has 5 unspecified atom stereocenters. The van der Waals surface area contributed by atoms with Gasteiger partial charge in [0.15, 0.2) is 0 Å². The zero-order valence-electron chi connectivity index (χ0n) is 12.0. The van der Waals surface area contributed by atoms with Gasteiger partial charge in [-0.1, -0.05) is 36.4 Å². The van der Waals surface area contributed by atoms with Gasteiger partial charge in [0, 0.05) is 31.1 Å². The molecular weight excluding hydrogens is 264 g/mol. The van der Waals surface area contributed by atoms with E-state index in [1.807, 2.05) is 18.2 Å². The summed E-state index contributed by atoms with van der Waals surface area (Å²) in [6.07, 6.45) is 3.57. The largest absolute Gasteiger partial charge is 0.462 e. The third-order valence-electron chi connectivity index (χ3n) is 5.33. The Balaban J connectivity index is 1.78. The lowest BCUT2D eigenvalue weighted by Gasteiger charge is -2.28. The number of carbonyl (C=O) groups excluding carboxylic acids is 2. The first-order chi connectivity index (χ1) is 10.1. The SMILES string of the molecule is CC(=O)OC1C2CC3C(C=C2c2ccccc2)C(=O)CC31. The van der Waals surface area contributed by atoms with E-state index in [4.69, 9.17) is 4.74 Å². The molecule has 3 aliphatic rings. The van der Waals surface area contributed by atoms with Crippen molar-refractivity contribution < 1.29 is 14.3 Å². The van der Waals surface area contributed by atoms with Gasteiger partial charge in [0.05, 0.1) is 0 Å². The second kappa shape index (κ2) is 4.55. The minimum absolute atomic E-state index is 0.0296. The van der Waals surface area contributed by atoms with Gasteiger partial charge in [-0.2, -0.15) is 0 Å². The Labute approximate surface area is 124 Å². The zero-order chi connectivity index (χ0) is 14.6. The predicted molar refractivity (Wildman–Crippen MR) is 78.2 cm³/mol. The topological polar surface area (TPSA) is 43.4 Å². The first-order valence-corrected chi connectivity index (χ1v) is 7.62. The van der Waals surface area contributed by atoms with Crippen molar-refractivity contribution >= 4 is 17.3 Å². The van der Waals surface area contributed by atoms with E-state index in [-0.39, 0.29) is 29.8 Å². The number of carbonyl (C=O) groups is 2. The second-order valence-corrected chi connectivity index (χ2v) is 6.43. The number of rotatable bonds is 2. The van der Waals surface area contributed by atoms with E-state index in [9.17, 15) is 9.59 Å². The van der Waals surface area contributed by atoms with Crippen molar-refractivity contribution in [3.05, 3.63) is 42.0 Å². The van der Waals surface area contributed by atoms with Crippen LogP contribution in [-0.2, 0) is 14.3 Å². The summed E-state index contributed by atoms with van der Waals surface area (Å²) >= 11 is 0. The molecule has 4 rings (SSSR count). The van der Waals surface area contributed by atoms with E-state index < -0.39 is 0 Å². The van der Waals surface area contributed by atoms with E-state index in [2.05, 4.69) is 18.2 Å². The monoisotopic (exact) mass is 282 g/mol. The minimum atomic E-state index is -0.240. The average Bonchev–Trinajstić information content (AvgIpc) is 2.93. The third kappa shape index (κ3) is 1.87. The lowest BCUT2D eigenvalue weighted by atomic mass is 9.78. The molecule has 2 fully saturated rings. The molecule has 0 aliphatic heterocycles. The molecule has 0 spiro atoms. The quantitative estimate of drug-likeness (QED) is 0.783. The van der Waals surface area contributed by atoms with Crippen LogP contribution in [0.5, 0.6) is 0 Å². The summed E-state index contributed by atoms with van der Waals surface area (Å²) < 4.78 is 5.62. The molecule has 21 heavy (non-hydrogen) atoms. The Morgan fingerprint density at radius 2 is 1.95 bits per heavy atom. The van der Waals surface area contributed by atoms with Crippen molar-refractivity contribution in [1.82, 2.24) is 0 Å². The number of ether oxygens (including phenoxy) is 1. The number of fused-ring (bicyclic) bond motifs is 1. The molecule has 0 heterocycles. The maximum Gasteiger partial charge on any atom is 0.302 e. The molecule has 0 saturated heterocycles. The summed E-state index contributed by atoms with van der Waals surface area (Å²) in [5.41, 5.74) is 2.34. The lowest BCUT2D eigenvalue weighted by molar-refractivity contribution is -0.149. The predicted octanol–water partition coefficient (Wildman–Crippen LogP) is 2.86. The minimum Gasteiger partial charge on any atom is -0.462 e. The van der Waals surface area contributed by atoms with Gasteiger partial charge < -0.3 is 4.74 Å². The molecule has 2 bridgehead atoms. The first kappa shape index (κ1) is 12.8. The number of hydrogen-bond acceptors (Lipinski definition) is 3. The summed E-state index contributed by atoms with van der Waals surface area (Å²) in [4.78, 5) is 23.7. The van der Waals surface area contributed by atoms with Crippen LogP contribution in [-0.4, -0.2) is 17.9 Å². The molecule has 3 heteroatoms. The fraction of sp³-hybridized carbons (Fsp3) is 0.444. The molecule has 0 amide bonds. The van der Waals surface area contributed by atoms with Gasteiger partial charge in [0.2, 0.25) is 0 Å². The van der Waals surface area contributed by atoms with Crippen LogP contribution in [0.3, 0.4) is 0 Å². The number of esters is 1. The Morgan fingerprint density at radius 3 is 2.67 bits per heavy atom. The normalized spacial score (nSPS) is 36.5. The van der Waals surface area contributed by atoms with Crippen molar-refractivity contribution in [3.8, 4) is 0 Å². The number of Topliss-reactive ketones (excluding diaryl/α,β-unsaturated/α-hetero) is 1. The maximum absolute atomic E-state index is 12.3. The second-order valence-electron chi connectivity index (χ2n) is 6.43. The van der Waals surface area contributed by atoms with Crippen molar-refractivity contribution in [2.45, 2.75) is 25.9 Å². The van der Waals surface area contributed by atoms with Crippen LogP contribution in [0.25, 0.3) is 5.57 Å². The van der Waals surface area contributed by atoms with Crippen LogP contribution in [0.4, 0.5) is 0 Å². The first-order valence-electron chi connectivity index (χ1n) is 7.62. The number of allylic oxidation sites excluding steroid dienone is 1. The van der Waals surface area contributed by atoms with E-state index in [1.165, 1.54) is 12.5 Å². The fourth-order valence-electron chi connectivity index (χ4n) is 4.57. The summed E-state index contributed by atoms with van der Waals surface area (Å²) in [6.45, 7) is 1.46. The number of hydrogen-bond donors (Lipinski definition) is 0. The van der Waals surface area contributed by atoms with Gasteiger partial charge in [-0.05, 0) is 23.5 Å². The molecule has 0 radical (unpaired) electrons. The van der Waals surface area contributed by atoms with Gasteiger partial charge >= 0.3 is 5.97 Å². The molecule has 1 aromatic carbocycles. The summed E-state index contributed by atoms with van der Waals surface area (Å²) in [7, 11) is 0. The zero-order valence-corrected chi connectivity index (χ0v) is 12.0. The van der Waals surface area contributed by atoms with Crippen LogP contribution in [0.2, 0.25) is 0 Å². The Kier molecular flexibility index (Phi) is 2.78. The maximum atomic E-state index is 12.3. The van der Waals surface area contributed by atoms with E-state index in [1.54, 1.807) is 0 Å². The summed E-state index contributed by atoms with van der Waals surface area (Å²) in [6, 6.07) is 10.2. The summed E-state index contributed by atoms with van der Waals surface area (Å²) in [5.74, 6) is 0.940. The standard InChI is InChI=1S/C18H18O3/c1-10(19)21-18-15-8-13-14(17(20)9-16(13)18)7-12(15)11-5-3-2-4-6-11/h2-7,13-16,18H,8-9H2,1H3. The number of benzene rings is 1. The van der Waals surface area contributed by atoms with Gasteiger partial charge in [-0.25, -0.2) is 0 Å². The van der Waals surface area contributed by atoms with Gasteiger partial charge in [-0.3, -0.25) is 9.59 Å². The van der Waals surface area contributed by atoms with E-state index >= 15 is 0 Å². The highest BCUT2D eigenvalue weighted by Crippen LogP contribution is 2.57. The Morgan fingerprint density at radius 1 is 1.19 bits per heavy atom. The summed E-state index contributed by atoms with van der Waals surface area (Å²) in [5, 5.41) is 0.